The second-order valence-corrected chi connectivity index (χ2v) is 6.86. The van der Waals surface area contributed by atoms with Crippen LogP contribution in [0.25, 0.3) is 0 Å². The van der Waals surface area contributed by atoms with Crippen molar-refractivity contribution in [1.29, 1.82) is 5.26 Å². The first-order chi connectivity index (χ1) is 11.5. The van der Waals surface area contributed by atoms with E-state index in [0.29, 0.717) is 6.54 Å². The molecule has 1 unspecified atom stereocenters. The van der Waals surface area contributed by atoms with E-state index in [9.17, 15) is 9.18 Å². The minimum absolute atomic E-state index is 0.0663. The van der Waals surface area contributed by atoms with Gasteiger partial charge in [-0.1, -0.05) is 17.7 Å². The molecule has 1 atom stereocenters. The van der Waals surface area contributed by atoms with Crippen LogP contribution in [0.2, 0.25) is 0 Å². The Bertz CT molecular complexity index is 723. The van der Waals surface area contributed by atoms with Crippen LogP contribution in [0.1, 0.15) is 18.9 Å². The summed E-state index contributed by atoms with van der Waals surface area (Å²) in [6.45, 7) is 4.16. The van der Waals surface area contributed by atoms with Crippen LogP contribution in [0.15, 0.2) is 53.4 Å². The molecule has 0 N–H and O–H groups in total. The number of aryl methyl sites for hydroxylation is 1. The van der Waals surface area contributed by atoms with Gasteiger partial charge < -0.3 is 4.90 Å². The molecule has 1 amide bonds. The topological polar surface area (TPSA) is 44.1 Å². The maximum Gasteiger partial charge on any atom is 0.240 e. The van der Waals surface area contributed by atoms with Crippen LogP contribution in [0.5, 0.6) is 0 Å². The molecule has 0 aliphatic carbocycles. The molecule has 0 saturated carbocycles. The van der Waals surface area contributed by atoms with E-state index in [1.165, 1.54) is 23.9 Å². The molecule has 124 valence electrons. The van der Waals surface area contributed by atoms with Crippen LogP contribution in [-0.2, 0) is 4.79 Å². The van der Waals surface area contributed by atoms with Crippen molar-refractivity contribution in [3.8, 4) is 6.07 Å². The van der Waals surface area contributed by atoms with Crippen molar-refractivity contribution in [1.82, 2.24) is 0 Å². The number of amides is 1. The second kappa shape index (κ2) is 8.51. The number of benzene rings is 2. The third-order valence-corrected chi connectivity index (χ3v) is 4.63. The predicted octanol–water partition coefficient (Wildman–Crippen LogP) is 4.56. The molecule has 2 aromatic carbocycles. The largest absolute Gasteiger partial charge is 0.310 e. The highest BCUT2D eigenvalue weighted by atomic mass is 32.2. The fraction of sp³-hybridized carbons (Fsp3) is 0.263. The van der Waals surface area contributed by atoms with E-state index < -0.39 is 0 Å². The molecule has 0 aliphatic rings. The van der Waals surface area contributed by atoms with Crippen LogP contribution in [0.4, 0.5) is 10.1 Å². The normalized spacial score (nSPS) is 11.6. The van der Waals surface area contributed by atoms with Crippen LogP contribution < -0.4 is 4.90 Å². The average molecular weight is 342 g/mol. The Morgan fingerprint density at radius 3 is 2.42 bits per heavy atom. The Labute approximate surface area is 146 Å². The van der Waals surface area contributed by atoms with Crippen LogP contribution in [0, 0.1) is 24.1 Å². The van der Waals surface area contributed by atoms with Gasteiger partial charge in [-0.05, 0) is 50.2 Å². The summed E-state index contributed by atoms with van der Waals surface area (Å²) >= 11 is 1.38. The number of carbonyl (C=O) groups is 1. The molecular weight excluding hydrogens is 323 g/mol. The van der Waals surface area contributed by atoms with Crippen molar-refractivity contribution >= 4 is 23.4 Å². The summed E-state index contributed by atoms with van der Waals surface area (Å²) in [5.74, 6) is -0.364. The number of nitriles is 1. The summed E-state index contributed by atoms with van der Waals surface area (Å²) in [5, 5.41) is 8.52. The lowest BCUT2D eigenvalue weighted by Crippen LogP contribution is -2.37. The lowest BCUT2D eigenvalue weighted by molar-refractivity contribution is -0.117. The number of rotatable bonds is 6. The van der Waals surface area contributed by atoms with Crippen LogP contribution in [0.3, 0.4) is 0 Å². The van der Waals surface area contributed by atoms with Gasteiger partial charge in [0.25, 0.3) is 0 Å². The Balaban J connectivity index is 2.15. The zero-order chi connectivity index (χ0) is 17.5. The summed E-state index contributed by atoms with van der Waals surface area (Å²) in [5.41, 5.74) is 1.90. The van der Waals surface area contributed by atoms with E-state index in [1.807, 2.05) is 38.1 Å². The smallest absolute Gasteiger partial charge is 0.240 e. The van der Waals surface area contributed by atoms with Crippen molar-refractivity contribution in [2.75, 3.05) is 11.4 Å². The first-order valence-electron chi connectivity index (χ1n) is 7.68. The SMILES string of the molecule is Cc1ccc(N(CCC#N)C(=O)C(C)Sc2ccc(F)cc2)cc1. The predicted molar refractivity (Wildman–Crippen MR) is 95.5 cm³/mol. The van der Waals surface area contributed by atoms with Gasteiger partial charge >= 0.3 is 0 Å². The fourth-order valence-electron chi connectivity index (χ4n) is 2.24. The number of halogens is 1. The van der Waals surface area contributed by atoms with E-state index in [4.69, 9.17) is 5.26 Å². The number of carbonyl (C=O) groups excluding carboxylic acids is 1. The molecule has 0 radical (unpaired) electrons. The Morgan fingerprint density at radius 1 is 1.21 bits per heavy atom. The molecule has 0 aromatic heterocycles. The fourth-order valence-corrected chi connectivity index (χ4v) is 3.17. The molecule has 2 aromatic rings. The first-order valence-corrected chi connectivity index (χ1v) is 8.56. The Kier molecular flexibility index (Phi) is 6.39. The van der Waals surface area contributed by atoms with Gasteiger partial charge in [-0.2, -0.15) is 5.26 Å². The molecule has 0 spiro atoms. The van der Waals surface area contributed by atoms with Crippen molar-refractivity contribution in [2.45, 2.75) is 30.4 Å². The highest BCUT2D eigenvalue weighted by Crippen LogP contribution is 2.26. The minimum atomic E-state index is -0.338. The van der Waals surface area contributed by atoms with Gasteiger partial charge in [0.05, 0.1) is 17.7 Å². The highest BCUT2D eigenvalue weighted by Gasteiger charge is 2.22. The van der Waals surface area contributed by atoms with Crippen molar-refractivity contribution in [3.05, 3.63) is 59.9 Å². The summed E-state index contributed by atoms with van der Waals surface area (Å²) in [7, 11) is 0. The lowest BCUT2D eigenvalue weighted by atomic mass is 10.2. The molecular formula is C19H19FN2OS. The third kappa shape index (κ3) is 4.84. The summed E-state index contributed by atoms with van der Waals surface area (Å²) < 4.78 is 13.0. The van der Waals surface area contributed by atoms with E-state index in [1.54, 1.807) is 17.0 Å². The molecule has 0 fully saturated rings. The monoisotopic (exact) mass is 342 g/mol. The zero-order valence-electron chi connectivity index (χ0n) is 13.7. The van der Waals surface area contributed by atoms with Crippen molar-refractivity contribution < 1.29 is 9.18 Å². The number of anilines is 1. The average Bonchev–Trinajstić information content (AvgIpc) is 2.58. The molecule has 0 heterocycles. The third-order valence-electron chi connectivity index (χ3n) is 3.53. The van der Waals surface area contributed by atoms with E-state index >= 15 is 0 Å². The summed E-state index contributed by atoms with van der Waals surface area (Å²) in [6, 6.07) is 15.8. The van der Waals surface area contributed by atoms with Gasteiger partial charge in [-0.25, -0.2) is 4.39 Å². The van der Waals surface area contributed by atoms with Crippen molar-refractivity contribution in [2.24, 2.45) is 0 Å². The maximum atomic E-state index is 13.0. The molecule has 3 nitrogen and oxygen atoms in total. The highest BCUT2D eigenvalue weighted by molar-refractivity contribution is 8.00. The Hall–Kier alpha value is -2.32. The summed E-state index contributed by atoms with van der Waals surface area (Å²) in [4.78, 5) is 15.3. The number of hydrogen-bond donors (Lipinski definition) is 0. The van der Waals surface area contributed by atoms with Gasteiger partial charge in [-0.15, -0.1) is 11.8 Å². The first kappa shape index (κ1) is 18.0. The second-order valence-electron chi connectivity index (χ2n) is 5.45. The van der Waals surface area contributed by atoms with Gasteiger partial charge in [0, 0.05) is 17.1 Å². The molecule has 0 saturated heterocycles. The van der Waals surface area contributed by atoms with Gasteiger partial charge in [0.1, 0.15) is 5.82 Å². The minimum Gasteiger partial charge on any atom is -0.310 e. The lowest BCUT2D eigenvalue weighted by Gasteiger charge is -2.25. The maximum absolute atomic E-state index is 13.0. The summed E-state index contributed by atoms with van der Waals surface area (Å²) in [6.07, 6.45) is 0.271. The zero-order valence-corrected chi connectivity index (χ0v) is 14.5. The van der Waals surface area contributed by atoms with Crippen molar-refractivity contribution in [3.63, 3.8) is 0 Å². The molecule has 0 bridgehead atoms. The van der Waals surface area contributed by atoms with E-state index in [0.717, 1.165) is 16.1 Å². The number of nitrogens with zero attached hydrogens (tertiary/aromatic N) is 2. The quantitative estimate of drug-likeness (QED) is 0.723. The standard InChI is InChI=1S/C19H19FN2OS/c1-14-4-8-17(9-5-14)22(13-3-12-21)19(23)15(2)24-18-10-6-16(20)7-11-18/h4-11,15H,3,13H2,1-2H3. The van der Waals surface area contributed by atoms with Crippen LogP contribution in [-0.4, -0.2) is 17.7 Å². The molecule has 5 heteroatoms. The van der Waals surface area contributed by atoms with Gasteiger partial charge in [0.15, 0.2) is 0 Å². The Morgan fingerprint density at radius 2 is 1.83 bits per heavy atom. The van der Waals surface area contributed by atoms with Gasteiger partial charge in [0.2, 0.25) is 5.91 Å². The molecule has 2 rings (SSSR count). The number of thioether (sulfide) groups is 1. The van der Waals surface area contributed by atoms with E-state index in [-0.39, 0.29) is 23.4 Å². The van der Waals surface area contributed by atoms with Gasteiger partial charge in [-0.3, -0.25) is 4.79 Å². The van der Waals surface area contributed by atoms with E-state index in [2.05, 4.69) is 6.07 Å². The number of hydrogen-bond acceptors (Lipinski definition) is 3. The molecule has 24 heavy (non-hydrogen) atoms. The van der Waals surface area contributed by atoms with Crippen LogP contribution >= 0.6 is 11.8 Å². The molecule has 0 aliphatic heterocycles.